The van der Waals surface area contributed by atoms with E-state index in [1.165, 1.54) is 4.57 Å². The van der Waals surface area contributed by atoms with Gasteiger partial charge in [-0.05, 0) is 43.2 Å². The molecule has 0 spiro atoms. The second-order valence-electron chi connectivity index (χ2n) is 7.09. The van der Waals surface area contributed by atoms with Gasteiger partial charge in [-0.15, -0.1) is 0 Å². The molecule has 1 aromatic heterocycles. The summed E-state index contributed by atoms with van der Waals surface area (Å²) in [7, 11) is 0. The molecule has 30 heavy (non-hydrogen) atoms. The number of urea groups is 1. The van der Waals surface area contributed by atoms with Gasteiger partial charge in [-0.2, -0.15) is 4.98 Å². The second-order valence-corrected chi connectivity index (χ2v) is 7.09. The molecule has 0 bridgehead atoms. The highest BCUT2D eigenvalue weighted by molar-refractivity contribution is 6.04. The van der Waals surface area contributed by atoms with Crippen molar-refractivity contribution < 1.29 is 4.79 Å². The fourth-order valence-electron chi connectivity index (χ4n) is 3.31. The van der Waals surface area contributed by atoms with Crippen LogP contribution in [0.25, 0.3) is 10.9 Å². The minimum atomic E-state index is -0.414. The minimum absolute atomic E-state index is 0.393. The van der Waals surface area contributed by atoms with Crippen LogP contribution in [-0.2, 0) is 13.0 Å². The maximum Gasteiger partial charge on any atom is 0.349 e. The van der Waals surface area contributed by atoms with Crippen LogP contribution in [0.1, 0.15) is 11.1 Å². The van der Waals surface area contributed by atoms with Crippen molar-refractivity contribution in [3.8, 4) is 0 Å². The predicted molar refractivity (Wildman–Crippen MR) is 120 cm³/mol. The fourth-order valence-corrected chi connectivity index (χ4v) is 3.31. The molecule has 2 amide bonds. The van der Waals surface area contributed by atoms with E-state index in [0.29, 0.717) is 35.4 Å². The number of benzene rings is 3. The van der Waals surface area contributed by atoms with Gasteiger partial charge in [-0.25, -0.2) is 9.59 Å². The van der Waals surface area contributed by atoms with Crippen molar-refractivity contribution in [2.75, 3.05) is 10.6 Å². The Labute approximate surface area is 174 Å². The molecule has 0 aliphatic carbocycles. The maximum atomic E-state index is 12.7. The first-order chi connectivity index (χ1) is 14.6. The van der Waals surface area contributed by atoms with Crippen molar-refractivity contribution in [2.24, 2.45) is 0 Å². The molecule has 0 unspecified atom stereocenters. The van der Waals surface area contributed by atoms with Gasteiger partial charge < -0.3 is 5.32 Å². The molecule has 2 N–H and O–H groups in total. The zero-order valence-corrected chi connectivity index (χ0v) is 16.6. The standard InChI is InChI=1S/C24H22N4O2/c1-17-11-13-19(14-12-17)25-23(29)27-22-20-9-5-6-10-21(20)26-24(30)28(22)16-15-18-7-3-2-4-8-18/h2-14H,15-16H2,1H3,(H2,25,27,29). The molecule has 6 nitrogen and oxygen atoms in total. The van der Waals surface area contributed by atoms with E-state index in [0.717, 1.165) is 11.1 Å². The van der Waals surface area contributed by atoms with E-state index in [2.05, 4.69) is 15.6 Å². The third-order valence-electron chi connectivity index (χ3n) is 4.88. The fraction of sp³-hybridized carbons (Fsp3) is 0.125. The monoisotopic (exact) mass is 398 g/mol. The third-order valence-corrected chi connectivity index (χ3v) is 4.88. The Morgan fingerprint density at radius 3 is 2.37 bits per heavy atom. The lowest BCUT2D eigenvalue weighted by Gasteiger charge is -2.16. The van der Waals surface area contributed by atoms with Gasteiger partial charge in [-0.1, -0.05) is 60.2 Å². The number of nitrogens with zero attached hydrogens (tertiary/aromatic N) is 2. The average molecular weight is 398 g/mol. The summed E-state index contributed by atoms with van der Waals surface area (Å²) in [5.74, 6) is 0.436. The van der Waals surface area contributed by atoms with Crippen molar-refractivity contribution in [2.45, 2.75) is 19.9 Å². The van der Waals surface area contributed by atoms with Crippen LogP contribution in [-0.4, -0.2) is 15.6 Å². The van der Waals surface area contributed by atoms with E-state index in [1.807, 2.05) is 79.7 Å². The first kappa shape index (κ1) is 19.4. The van der Waals surface area contributed by atoms with Crippen LogP contribution >= 0.6 is 0 Å². The molecule has 1 heterocycles. The van der Waals surface area contributed by atoms with Gasteiger partial charge in [0.05, 0.1) is 5.52 Å². The van der Waals surface area contributed by atoms with Crippen LogP contribution in [0.4, 0.5) is 16.3 Å². The van der Waals surface area contributed by atoms with Gasteiger partial charge in [0.1, 0.15) is 5.82 Å². The summed E-state index contributed by atoms with van der Waals surface area (Å²) in [4.78, 5) is 29.6. The molecule has 6 heteroatoms. The summed E-state index contributed by atoms with van der Waals surface area (Å²) in [6, 6.07) is 24.3. The smallest absolute Gasteiger partial charge is 0.308 e. The molecule has 0 aliphatic rings. The topological polar surface area (TPSA) is 76.0 Å². The summed E-state index contributed by atoms with van der Waals surface area (Å²) in [6.45, 7) is 2.39. The van der Waals surface area contributed by atoms with E-state index in [4.69, 9.17) is 0 Å². The number of aromatic nitrogens is 2. The van der Waals surface area contributed by atoms with Crippen LogP contribution in [0.5, 0.6) is 0 Å². The van der Waals surface area contributed by atoms with Gasteiger partial charge >= 0.3 is 11.7 Å². The Balaban J connectivity index is 1.66. The highest BCUT2D eigenvalue weighted by atomic mass is 16.2. The van der Waals surface area contributed by atoms with Crippen molar-refractivity contribution >= 4 is 28.4 Å². The number of carbonyl (C=O) groups is 1. The summed E-state index contributed by atoms with van der Waals surface area (Å²) in [6.07, 6.45) is 0.648. The van der Waals surface area contributed by atoms with Crippen molar-refractivity contribution in [1.29, 1.82) is 0 Å². The van der Waals surface area contributed by atoms with Gasteiger partial charge in [0.15, 0.2) is 0 Å². The predicted octanol–water partition coefficient (Wildman–Crippen LogP) is 4.59. The zero-order chi connectivity index (χ0) is 20.9. The largest absolute Gasteiger partial charge is 0.349 e. The Bertz CT molecular complexity index is 1230. The summed E-state index contributed by atoms with van der Waals surface area (Å²) in [5, 5.41) is 6.40. The van der Waals surface area contributed by atoms with Crippen molar-refractivity contribution in [3.63, 3.8) is 0 Å². The van der Waals surface area contributed by atoms with Crippen molar-refractivity contribution in [3.05, 3.63) is 100 Å². The maximum absolute atomic E-state index is 12.7. The Kier molecular flexibility index (Phi) is 5.57. The SMILES string of the molecule is Cc1ccc(NC(=O)Nc2c3ccccc3nc(=O)n2CCc2ccccc2)cc1. The number of fused-ring (bicyclic) bond motifs is 1. The molecular weight excluding hydrogens is 376 g/mol. The van der Waals surface area contributed by atoms with E-state index in [1.54, 1.807) is 6.07 Å². The molecule has 3 aromatic carbocycles. The van der Waals surface area contributed by atoms with Crippen LogP contribution in [0.2, 0.25) is 0 Å². The van der Waals surface area contributed by atoms with Crippen LogP contribution < -0.4 is 16.3 Å². The lowest BCUT2D eigenvalue weighted by Crippen LogP contribution is -2.30. The van der Waals surface area contributed by atoms with Crippen LogP contribution in [0.15, 0.2) is 83.7 Å². The molecule has 0 saturated heterocycles. The number of hydrogen-bond acceptors (Lipinski definition) is 3. The van der Waals surface area contributed by atoms with Crippen LogP contribution in [0, 0.1) is 6.92 Å². The Morgan fingerprint density at radius 1 is 0.900 bits per heavy atom. The number of nitrogens with one attached hydrogen (secondary N) is 2. The Hall–Kier alpha value is -3.93. The lowest BCUT2D eigenvalue weighted by molar-refractivity contribution is 0.262. The number of aryl methyl sites for hydroxylation is 2. The third kappa shape index (κ3) is 4.38. The summed E-state index contributed by atoms with van der Waals surface area (Å²) >= 11 is 0. The number of para-hydroxylation sites is 1. The van der Waals surface area contributed by atoms with E-state index in [-0.39, 0.29) is 0 Å². The first-order valence-electron chi connectivity index (χ1n) is 9.78. The molecule has 0 saturated carbocycles. The van der Waals surface area contributed by atoms with Gasteiger partial charge in [0.2, 0.25) is 0 Å². The highest BCUT2D eigenvalue weighted by Crippen LogP contribution is 2.21. The minimum Gasteiger partial charge on any atom is -0.308 e. The number of hydrogen-bond donors (Lipinski definition) is 2. The normalized spacial score (nSPS) is 10.7. The summed E-state index contributed by atoms with van der Waals surface area (Å²) in [5.41, 5.74) is 3.04. The van der Waals surface area contributed by atoms with Gasteiger partial charge in [0.25, 0.3) is 0 Å². The van der Waals surface area contributed by atoms with Crippen LogP contribution in [0.3, 0.4) is 0 Å². The van der Waals surface area contributed by atoms with E-state index < -0.39 is 11.7 Å². The first-order valence-corrected chi connectivity index (χ1v) is 9.78. The molecule has 150 valence electrons. The number of amides is 2. The second kappa shape index (κ2) is 8.61. The lowest BCUT2D eigenvalue weighted by atomic mass is 10.1. The highest BCUT2D eigenvalue weighted by Gasteiger charge is 2.14. The van der Waals surface area contributed by atoms with Gasteiger partial charge in [-0.3, -0.25) is 9.88 Å². The molecule has 4 aromatic rings. The van der Waals surface area contributed by atoms with Crippen molar-refractivity contribution in [1.82, 2.24) is 9.55 Å². The zero-order valence-electron chi connectivity index (χ0n) is 16.6. The Morgan fingerprint density at radius 2 is 1.60 bits per heavy atom. The number of rotatable bonds is 5. The molecule has 0 atom stereocenters. The summed E-state index contributed by atoms with van der Waals surface area (Å²) < 4.78 is 1.52. The molecule has 4 rings (SSSR count). The number of carbonyl (C=O) groups excluding carboxylic acids is 1. The van der Waals surface area contributed by atoms with E-state index >= 15 is 0 Å². The molecule has 0 radical (unpaired) electrons. The van der Waals surface area contributed by atoms with Gasteiger partial charge in [0, 0.05) is 17.6 Å². The quantitative estimate of drug-likeness (QED) is 0.516. The molecule has 0 aliphatic heterocycles. The van der Waals surface area contributed by atoms with E-state index in [9.17, 15) is 9.59 Å². The average Bonchev–Trinajstić information content (AvgIpc) is 2.75. The molecular formula is C24H22N4O2. The molecule has 0 fully saturated rings. The number of anilines is 2.